The van der Waals surface area contributed by atoms with Crippen LogP contribution in [-0.2, 0) is 14.3 Å². The van der Waals surface area contributed by atoms with Crippen LogP contribution in [0.25, 0.3) is 4.85 Å². The Kier molecular flexibility index (Phi) is 7.14. The Hall–Kier alpha value is -2.20. The first kappa shape index (κ1) is 21.1. The van der Waals surface area contributed by atoms with Crippen molar-refractivity contribution in [2.75, 3.05) is 13.7 Å². The van der Waals surface area contributed by atoms with Gasteiger partial charge in [0.15, 0.2) is 5.78 Å². The number of carbonyl (C=O) groups is 3. The number of ether oxygens (including phenoxy) is 1. The molecule has 0 saturated carbocycles. The van der Waals surface area contributed by atoms with Gasteiger partial charge in [0.05, 0.1) is 13.7 Å². The number of hydrogen-bond donors (Lipinski definition) is 0. The highest BCUT2D eigenvalue weighted by Crippen LogP contribution is 2.30. The number of nitrogens with zero attached hydrogens (tertiary/aromatic N) is 2. The van der Waals surface area contributed by atoms with E-state index in [-0.39, 0.29) is 24.0 Å². The molecular weight excluding hydrogens is 412 g/mol. The maximum absolute atomic E-state index is 13.1. The van der Waals surface area contributed by atoms with Crippen LogP contribution in [0.15, 0.2) is 22.7 Å². The Balaban J connectivity index is 2.20. The van der Waals surface area contributed by atoms with E-state index in [9.17, 15) is 14.4 Å². The molecule has 1 aliphatic rings. The fraction of sp³-hybridized carbons (Fsp3) is 0.500. The quantitative estimate of drug-likeness (QED) is 0.385. The number of rotatable bonds is 6. The van der Waals surface area contributed by atoms with E-state index in [1.165, 1.54) is 13.2 Å². The summed E-state index contributed by atoms with van der Waals surface area (Å²) >= 11 is 3.28. The zero-order valence-corrected chi connectivity index (χ0v) is 17.3. The number of Topliss-reactive ketones (excluding diaryl/α,β-unsaturated/α-hetero) is 1. The van der Waals surface area contributed by atoms with Crippen molar-refractivity contribution in [2.24, 2.45) is 11.8 Å². The van der Waals surface area contributed by atoms with Crippen molar-refractivity contribution in [3.05, 3.63) is 39.7 Å². The van der Waals surface area contributed by atoms with Crippen molar-refractivity contribution in [3.63, 3.8) is 0 Å². The van der Waals surface area contributed by atoms with Crippen LogP contribution in [0.2, 0.25) is 0 Å². The molecule has 7 heteroatoms. The molecule has 0 aliphatic carbocycles. The minimum absolute atomic E-state index is 0.0416. The second-order valence-corrected chi connectivity index (χ2v) is 7.82. The second-order valence-electron chi connectivity index (χ2n) is 6.97. The Labute approximate surface area is 167 Å². The van der Waals surface area contributed by atoms with Crippen LogP contribution in [0, 0.1) is 18.4 Å². The van der Waals surface area contributed by atoms with Crippen molar-refractivity contribution < 1.29 is 19.1 Å². The van der Waals surface area contributed by atoms with Crippen molar-refractivity contribution in [3.8, 4) is 0 Å². The molecule has 1 amide bonds. The molecule has 2 rings (SSSR count). The Morgan fingerprint density at radius 1 is 1.37 bits per heavy atom. The summed E-state index contributed by atoms with van der Waals surface area (Å²) in [4.78, 5) is 42.7. The van der Waals surface area contributed by atoms with Gasteiger partial charge in [0.2, 0.25) is 11.6 Å². The molecule has 1 fully saturated rings. The highest BCUT2D eigenvalue weighted by molar-refractivity contribution is 9.10. The summed E-state index contributed by atoms with van der Waals surface area (Å²) in [6.45, 7) is 11.5. The highest BCUT2D eigenvalue weighted by Gasteiger charge is 2.39. The first-order valence-electron chi connectivity index (χ1n) is 8.88. The van der Waals surface area contributed by atoms with Gasteiger partial charge in [-0.25, -0.2) is 9.64 Å². The molecule has 6 nitrogen and oxygen atoms in total. The Bertz CT molecular complexity index is 785. The van der Waals surface area contributed by atoms with Crippen LogP contribution in [-0.4, -0.2) is 42.3 Å². The molecule has 2 atom stereocenters. The molecule has 1 heterocycles. The van der Waals surface area contributed by atoms with Gasteiger partial charge in [-0.1, -0.05) is 41.9 Å². The third-order valence-corrected chi connectivity index (χ3v) is 5.60. The zero-order valence-electron chi connectivity index (χ0n) is 15.7. The molecule has 0 aromatic heterocycles. The summed E-state index contributed by atoms with van der Waals surface area (Å²) < 4.78 is 5.44. The predicted octanol–water partition coefficient (Wildman–Crippen LogP) is 4.01. The van der Waals surface area contributed by atoms with E-state index in [2.05, 4.69) is 20.8 Å². The topological polar surface area (TPSA) is 68.0 Å². The Morgan fingerprint density at radius 2 is 2.07 bits per heavy atom. The van der Waals surface area contributed by atoms with Gasteiger partial charge in [-0.3, -0.25) is 9.59 Å². The zero-order chi connectivity index (χ0) is 20.1. The largest absolute Gasteiger partial charge is 0.467 e. The van der Waals surface area contributed by atoms with Gasteiger partial charge < -0.3 is 9.64 Å². The molecule has 1 aromatic carbocycles. The smallest absolute Gasteiger partial charge is 0.328 e. The maximum Gasteiger partial charge on any atom is 0.328 e. The average molecular weight is 435 g/mol. The molecule has 27 heavy (non-hydrogen) atoms. The summed E-state index contributed by atoms with van der Waals surface area (Å²) in [6.07, 6.45) is 1.36. The number of esters is 1. The monoisotopic (exact) mass is 434 g/mol. The Morgan fingerprint density at radius 3 is 2.67 bits per heavy atom. The van der Waals surface area contributed by atoms with Gasteiger partial charge >= 0.3 is 5.97 Å². The maximum atomic E-state index is 13.1. The van der Waals surface area contributed by atoms with E-state index >= 15 is 0 Å². The van der Waals surface area contributed by atoms with E-state index in [1.54, 1.807) is 17.0 Å². The van der Waals surface area contributed by atoms with Crippen molar-refractivity contribution >= 4 is 39.3 Å². The normalized spacial score (nSPS) is 17.5. The first-order chi connectivity index (χ1) is 12.8. The van der Waals surface area contributed by atoms with Crippen LogP contribution < -0.4 is 0 Å². The van der Waals surface area contributed by atoms with E-state index < -0.39 is 17.9 Å². The molecule has 1 saturated heterocycles. The van der Waals surface area contributed by atoms with E-state index in [0.717, 1.165) is 6.42 Å². The molecule has 1 aromatic rings. The van der Waals surface area contributed by atoms with Crippen molar-refractivity contribution in [1.29, 1.82) is 0 Å². The lowest BCUT2D eigenvalue weighted by molar-refractivity contribution is -0.152. The number of benzene rings is 1. The lowest BCUT2D eigenvalue weighted by Gasteiger charge is -2.29. The lowest BCUT2D eigenvalue weighted by atomic mass is 9.87. The molecular formula is C20H23BrN2O4. The number of carbonyl (C=O) groups excluding carboxylic acids is 3. The molecule has 0 radical (unpaired) electrons. The predicted molar refractivity (Wildman–Crippen MR) is 104 cm³/mol. The van der Waals surface area contributed by atoms with Crippen LogP contribution in [0.3, 0.4) is 0 Å². The minimum atomic E-state index is -0.569. The van der Waals surface area contributed by atoms with Crippen LogP contribution >= 0.6 is 15.9 Å². The van der Waals surface area contributed by atoms with Gasteiger partial charge in [-0.05, 0) is 24.8 Å². The third-order valence-electron chi connectivity index (χ3n) is 4.92. The third kappa shape index (κ3) is 4.75. The molecule has 0 spiro atoms. The van der Waals surface area contributed by atoms with Gasteiger partial charge in [-0.2, -0.15) is 0 Å². The number of hydrogen-bond acceptors (Lipinski definition) is 4. The van der Waals surface area contributed by atoms with Crippen LogP contribution in [0.5, 0.6) is 0 Å². The standard InChI is InChI=1S/C20H23BrN2O4/c1-12(2)14(19(25)23-9-5-6-17(23)20(26)27-4)11-18(24)13-7-8-15(21)16(10-13)22-3/h7-8,10,12,14,17H,5-6,9,11H2,1-2,4H3/t14-,17-/m0/s1. The summed E-state index contributed by atoms with van der Waals surface area (Å²) in [7, 11) is 1.31. The minimum Gasteiger partial charge on any atom is -0.467 e. The first-order valence-corrected chi connectivity index (χ1v) is 9.68. The molecule has 1 aliphatic heterocycles. The van der Waals surface area contributed by atoms with E-state index in [4.69, 9.17) is 11.3 Å². The fourth-order valence-corrected chi connectivity index (χ4v) is 3.66. The van der Waals surface area contributed by atoms with Crippen LogP contribution in [0.4, 0.5) is 5.69 Å². The SMILES string of the molecule is [C-]#[N+]c1cc(C(=O)C[C@H](C(=O)N2CCC[C@H]2C(=O)OC)C(C)C)ccc1Br. The van der Waals surface area contributed by atoms with Gasteiger partial charge in [0, 0.05) is 28.9 Å². The average Bonchev–Trinajstić information content (AvgIpc) is 3.14. The number of likely N-dealkylation sites (tertiary alicyclic amines) is 1. The molecule has 0 bridgehead atoms. The number of methoxy groups -OCH3 is 1. The molecule has 144 valence electrons. The lowest BCUT2D eigenvalue weighted by Crippen LogP contribution is -2.45. The summed E-state index contributed by atoms with van der Waals surface area (Å²) in [6, 6.07) is 4.28. The summed E-state index contributed by atoms with van der Waals surface area (Å²) in [5, 5.41) is 0. The summed E-state index contributed by atoms with van der Waals surface area (Å²) in [5.41, 5.74) is 0.771. The number of ketones is 1. The van der Waals surface area contributed by atoms with Gasteiger partial charge in [0.1, 0.15) is 6.04 Å². The van der Waals surface area contributed by atoms with Gasteiger partial charge in [-0.15, -0.1) is 0 Å². The van der Waals surface area contributed by atoms with E-state index in [0.29, 0.717) is 28.7 Å². The highest BCUT2D eigenvalue weighted by atomic mass is 79.9. The van der Waals surface area contributed by atoms with Crippen molar-refractivity contribution in [1.82, 2.24) is 4.90 Å². The fourth-order valence-electron chi connectivity index (χ4n) is 3.32. The molecule has 0 N–H and O–H groups in total. The summed E-state index contributed by atoms with van der Waals surface area (Å²) in [5.74, 6) is -1.37. The molecule has 0 unspecified atom stereocenters. The van der Waals surface area contributed by atoms with Crippen molar-refractivity contribution in [2.45, 2.75) is 39.2 Å². The second kappa shape index (κ2) is 9.14. The number of halogens is 1. The van der Waals surface area contributed by atoms with Crippen LogP contribution in [0.1, 0.15) is 43.5 Å². The van der Waals surface area contributed by atoms with Gasteiger partial charge in [0.25, 0.3) is 0 Å². The number of amides is 1. The van der Waals surface area contributed by atoms with E-state index in [1.807, 2.05) is 13.8 Å².